The third-order valence-corrected chi connectivity index (χ3v) is 15.6. The number of hydrogen-bond donors (Lipinski definition) is 3. The summed E-state index contributed by atoms with van der Waals surface area (Å²) in [4.78, 5) is 72.7. The molecule has 0 aromatic carbocycles. The fraction of sp³-hybridized carbons (Fsp3) is 0.494. The minimum atomic E-state index is -5.04. The van der Waals surface area contributed by atoms with Crippen molar-refractivity contribution in [3.05, 3.63) is 231 Å². The topological polar surface area (TPSA) is 237 Å². The van der Waals surface area contributed by atoms with Gasteiger partial charge >= 0.3 is 39.5 Å². The summed E-state index contributed by atoms with van der Waals surface area (Å²) in [7, 11) is -10.1. The van der Waals surface area contributed by atoms with Gasteiger partial charge in [0.15, 0.2) is 12.2 Å². The first kappa shape index (κ1) is 95.1. The predicted octanol–water partition coefficient (Wildman–Crippen LogP) is 21.1. The second kappa shape index (κ2) is 72.5. The molecule has 0 aliphatic heterocycles. The first-order chi connectivity index (χ1) is 49.7. The third-order valence-electron chi connectivity index (χ3n) is 13.7. The summed E-state index contributed by atoms with van der Waals surface area (Å²) in [6.45, 7) is 3.98. The van der Waals surface area contributed by atoms with Gasteiger partial charge in [0.25, 0.3) is 0 Å². The summed E-state index contributed by atoms with van der Waals surface area (Å²) in [5.74, 6) is -2.63. The van der Waals surface area contributed by atoms with E-state index in [1.54, 1.807) is 24.3 Å². The molecule has 17 nitrogen and oxygen atoms in total. The Morgan fingerprint density at radius 3 is 0.853 bits per heavy atom. The van der Waals surface area contributed by atoms with Crippen LogP contribution in [0, 0.1) is 0 Å². The third kappa shape index (κ3) is 71.5. The number of rotatable bonds is 65. The van der Waals surface area contributed by atoms with E-state index >= 15 is 0 Å². The van der Waals surface area contributed by atoms with Gasteiger partial charge in [-0.05, 0) is 154 Å². The normalized spacial score (nSPS) is 15.2. The van der Waals surface area contributed by atoms with Crippen LogP contribution in [0.15, 0.2) is 231 Å². The number of hydrogen-bond acceptors (Lipinski definition) is 15. The summed E-state index contributed by atoms with van der Waals surface area (Å²) in [6, 6.07) is 0. The van der Waals surface area contributed by atoms with Crippen molar-refractivity contribution in [3.8, 4) is 0 Å². The second-order valence-corrected chi connectivity index (χ2v) is 25.9. The Morgan fingerprint density at radius 1 is 0.284 bits per heavy atom. The van der Waals surface area contributed by atoms with Gasteiger partial charge in [0.1, 0.15) is 19.3 Å². The predicted molar refractivity (Wildman–Crippen MR) is 417 cm³/mol. The van der Waals surface area contributed by atoms with E-state index in [4.69, 9.17) is 37.0 Å². The van der Waals surface area contributed by atoms with Crippen LogP contribution in [0.5, 0.6) is 0 Å². The molecule has 0 aliphatic carbocycles. The average Bonchev–Trinajstić information content (AvgIpc) is 0.923. The van der Waals surface area contributed by atoms with E-state index in [0.717, 1.165) is 116 Å². The van der Waals surface area contributed by atoms with E-state index in [1.807, 2.05) is 42.5 Å². The van der Waals surface area contributed by atoms with Crippen LogP contribution in [-0.4, -0.2) is 96.7 Å². The number of phosphoric acid groups is 2. The highest BCUT2D eigenvalue weighted by molar-refractivity contribution is 7.47. The highest BCUT2D eigenvalue weighted by atomic mass is 31.2. The zero-order valence-electron chi connectivity index (χ0n) is 61.7. The molecule has 0 fully saturated rings. The zero-order valence-corrected chi connectivity index (χ0v) is 63.5. The minimum absolute atomic E-state index is 0.0145. The van der Waals surface area contributed by atoms with Gasteiger partial charge in [-0.1, -0.05) is 259 Å². The van der Waals surface area contributed by atoms with Crippen molar-refractivity contribution >= 4 is 39.5 Å². The molecule has 0 aromatic rings. The standard InChI is InChI=1S/C83H124O17P2/c1-5-9-13-17-21-25-29-33-37-38-42-44-48-52-56-60-64-68-81(86)94-74-79(100-83(88)70-66-62-58-54-50-46-41-36-32-28-24-20-16-12-8-4)76-98-102(91,92)96-72-77(84)71-95-101(89,90)97-75-78(99-82(87)69-65-61-57-53-49-45-40-35-31-27-23-19-15-11-7-3)73-93-80(85)67-63-59-55-51-47-43-39-34-30-26-22-18-14-10-6-2/h9-16,21-28,33-37,39-42,44,47,49-54,56,59,61,63,65,77-79,84H,5-8,17-20,29-32,38,43,45-46,48,55,57-58,60,62,64,66-76H2,1-4H3,(H,89,90)(H,91,92)/b13-9-,14-10-,15-11-,16-12-,25-21-,26-22-,27-23-,28-24-,37-33-,39-34-,40-35-,41-36-,44-42-,51-47-,53-49-,54-50-,56-52-,63-59-,65-61-. The molecule has 5 atom stereocenters. The molecule has 0 saturated heterocycles. The lowest BCUT2D eigenvalue weighted by Crippen LogP contribution is -2.30. The lowest BCUT2D eigenvalue weighted by molar-refractivity contribution is -0.161. The quantitative estimate of drug-likeness (QED) is 0.0169. The van der Waals surface area contributed by atoms with Crippen LogP contribution in [0.4, 0.5) is 0 Å². The molecule has 19 heteroatoms. The maximum atomic E-state index is 13.1. The molecule has 0 amide bonds. The number of allylic oxidation sites excluding steroid dienone is 36. The largest absolute Gasteiger partial charge is 0.472 e. The Balaban J connectivity index is 5.62. The van der Waals surface area contributed by atoms with Crippen LogP contribution in [0.2, 0.25) is 0 Å². The van der Waals surface area contributed by atoms with E-state index in [0.29, 0.717) is 38.5 Å². The van der Waals surface area contributed by atoms with Crippen molar-refractivity contribution in [2.45, 2.75) is 226 Å². The molecule has 3 N–H and O–H groups in total. The molecule has 0 saturated carbocycles. The number of carbonyl (C=O) groups is 4. The van der Waals surface area contributed by atoms with Gasteiger partial charge < -0.3 is 33.8 Å². The number of unbranched alkanes of at least 4 members (excludes halogenated alkanes) is 3. The molecular formula is C83H124O17P2. The molecule has 102 heavy (non-hydrogen) atoms. The zero-order chi connectivity index (χ0) is 74.6. The van der Waals surface area contributed by atoms with Crippen molar-refractivity contribution in [1.82, 2.24) is 0 Å². The average molecular weight is 1460 g/mol. The molecular weight excluding hydrogens is 1330 g/mol. The summed E-state index contributed by atoms with van der Waals surface area (Å²) in [5, 5.41) is 10.6. The Bertz CT molecular complexity index is 2850. The lowest BCUT2D eigenvalue weighted by Gasteiger charge is -2.21. The first-order valence-electron chi connectivity index (χ1n) is 36.6. The van der Waals surface area contributed by atoms with Crippen molar-refractivity contribution in [2.24, 2.45) is 0 Å². The number of phosphoric ester groups is 2. The maximum absolute atomic E-state index is 13.1. The molecule has 0 bridgehead atoms. The highest BCUT2D eigenvalue weighted by Gasteiger charge is 2.30. The SMILES string of the molecule is CC/C=C\C/C=C\C/C=C\C/C=C\C/C=C\CCCC(=O)OCC(COP(=O)(O)OCC(O)COP(=O)(O)OCC(COC(=O)C/C=C\C/C=C\C/C=C\C/C=C\C/C=C\CC)OC(=O)C/C=C\C/C=C\C/C=C\C/C=C\C/C=C\CC)OC(=O)CCCC/C=C\C/C=C\C/C=C\C/C=C\CC. The fourth-order valence-electron chi connectivity index (χ4n) is 8.27. The number of carbonyl (C=O) groups excluding carboxylic acids is 4. The molecule has 0 rings (SSSR count). The molecule has 0 radical (unpaired) electrons. The monoisotopic (exact) mass is 1450 g/mol. The van der Waals surface area contributed by atoms with Crippen LogP contribution in [-0.2, 0) is 65.4 Å². The molecule has 5 unspecified atom stereocenters. The second-order valence-electron chi connectivity index (χ2n) is 23.0. The van der Waals surface area contributed by atoms with Gasteiger partial charge in [0, 0.05) is 12.8 Å². The van der Waals surface area contributed by atoms with Gasteiger partial charge in [-0.2, -0.15) is 0 Å². The summed E-state index contributed by atoms with van der Waals surface area (Å²) >= 11 is 0. The molecule has 568 valence electrons. The minimum Gasteiger partial charge on any atom is -0.462 e. The van der Waals surface area contributed by atoms with Crippen LogP contribution >= 0.6 is 15.6 Å². The summed E-state index contributed by atoms with van der Waals surface area (Å²) in [6.07, 6.45) is 92.7. The van der Waals surface area contributed by atoms with Crippen molar-refractivity contribution in [1.29, 1.82) is 0 Å². The Hall–Kier alpha value is -6.88. The molecule has 0 heterocycles. The van der Waals surface area contributed by atoms with Gasteiger partial charge in [-0.25, -0.2) is 9.13 Å². The number of esters is 4. The van der Waals surface area contributed by atoms with E-state index < -0.39 is 97.5 Å². The Morgan fingerprint density at radius 2 is 0.529 bits per heavy atom. The maximum Gasteiger partial charge on any atom is 0.472 e. The van der Waals surface area contributed by atoms with Crippen molar-refractivity contribution in [2.75, 3.05) is 39.6 Å². The van der Waals surface area contributed by atoms with Gasteiger partial charge in [-0.15, -0.1) is 0 Å². The summed E-state index contributed by atoms with van der Waals surface area (Å²) < 4.78 is 68.0. The van der Waals surface area contributed by atoms with E-state index in [1.165, 1.54) is 0 Å². The van der Waals surface area contributed by atoms with Crippen molar-refractivity contribution in [3.63, 3.8) is 0 Å². The lowest BCUT2D eigenvalue weighted by atomic mass is 10.2. The van der Waals surface area contributed by atoms with Gasteiger partial charge in [0.2, 0.25) is 0 Å². The smallest absolute Gasteiger partial charge is 0.462 e. The van der Waals surface area contributed by atoms with Crippen LogP contribution < -0.4 is 0 Å². The number of ether oxygens (including phenoxy) is 4. The first-order valence-corrected chi connectivity index (χ1v) is 39.6. The number of aliphatic hydroxyl groups is 1. The van der Waals surface area contributed by atoms with E-state index in [-0.39, 0.29) is 25.7 Å². The number of aliphatic hydroxyl groups excluding tert-OH is 1. The Kier molecular flexibility index (Phi) is 67.6. The van der Waals surface area contributed by atoms with Crippen LogP contribution in [0.3, 0.4) is 0 Å². The molecule has 0 aromatic heterocycles. The Labute approximate surface area is 613 Å². The van der Waals surface area contributed by atoms with Crippen molar-refractivity contribution < 1.29 is 80.2 Å². The van der Waals surface area contributed by atoms with Crippen LogP contribution in [0.25, 0.3) is 0 Å². The van der Waals surface area contributed by atoms with E-state index in [2.05, 4.69) is 192 Å². The summed E-state index contributed by atoms with van der Waals surface area (Å²) in [5.41, 5.74) is 0. The highest BCUT2D eigenvalue weighted by Crippen LogP contribution is 2.45. The molecule has 0 aliphatic rings. The fourth-order valence-corrected chi connectivity index (χ4v) is 9.85. The van der Waals surface area contributed by atoms with E-state index in [9.17, 15) is 43.2 Å². The van der Waals surface area contributed by atoms with Crippen LogP contribution in [0.1, 0.15) is 207 Å². The molecule has 0 spiro atoms. The van der Waals surface area contributed by atoms with Gasteiger partial charge in [-0.3, -0.25) is 37.3 Å². The van der Waals surface area contributed by atoms with Gasteiger partial charge in [0.05, 0.1) is 39.3 Å².